The average molecular weight is 281 g/mol. The number of nitrogens with two attached hydrogens (primary N) is 1. The Morgan fingerprint density at radius 1 is 1.14 bits per heavy atom. The van der Waals surface area contributed by atoms with Crippen molar-refractivity contribution in [2.45, 2.75) is 6.61 Å². The molecule has 0 spiro atoms. The van der Waals surface area contributed by atoms with Crippen LogP contribution in [0.2, 0.25) is 0 Å². The largest absolute Gasteiger partial charge is 0.444 e. The Morgan fingerprint density at radius 3 is 2.67 bits per heavy atom. The Labute approximate surface area is 122 Å². The van der Waals surface area contributed by atoms with E-state index in [2.05, 4.69) is 4.99 Å². The minimum Gasteiger partial charge on any atom is -0.444 e. The highest BCUT2D eigenvalue weighted by Gasteiger charge is 2.24. The maximum Gasteiger partial charge on any atom is 0.415 e. The van der Waals surface area contributed by atoms with Gasteiger partial charge in [-0.1, -0.05) is 42.5 Å². The second-order valence-electron chi connectivity index (χ2n) is 4.72. The lowest BCUT2D eigenvalue weighted by Gasteiger charge is -2.26. The molecule has 0 saturated heterocycles. The number of ether oxygens (including phenoxy) is 1. The Balaban J connectivity index is 1.75. The second-order valence-corrected chi connectivity index (χ2v) is 4.72. The van der Waals surface area contributed by atoms with E-state index in [0.717, 1.165) is 5.56 Å². The number of amides is 1. The Kier molecular flexibility index (Phi) is 3.55. The van der Waals surface area contributed by atoms with Crippen molar-refractivity contribution in [3.8, 4) is 0 Å². The summed E-state index contributed by atoms with van der Waals surface area (Å²) in [5, 5.41) is 0. The molecule has 2 aromatic carbocycles. The molecule has 0 radical (unpaired) electrons. The lowest BCUT2D eigenvalue weighted by Crippen LogP contribution is -2.40. The highest BCUT2D eigenvalue weighted by Crippen LogP contribution is 2.31. The number of amidine groups is 1. The summed E-state index contributed by atoms with van der Waals surface area (Å²) in [6, 6.07) is 16.9. The smallest absolute Gasteiger partial charge is 0.415 e. The molecule has 5 heteroatoms. The molecule has 0 aliphatic carbocycles. The lowest BCUT2D eigenvalue weighted by molar-refractivity contribution is 0.148. The van der Waals surface area contributed by atoms with Crippen LogP contribution in [0.1, 0.15) is 5.56 Å². The van der Waals surface area contributed by atoms with Gasteiger partial charge in [-0.15, -0.1) is 0 Å². The van der Waals surface area contributed by atoms with Crippen LogP contribution < -0.4 is 10.6 Å². The van der Waals surface area contributed by atoms with Gasteiger partial charge in [0.15, 0.2) is 0 Å². The summed E-state index contributed by atoms with van der Waals surface area (Å²) in [5.74, 6) is 0.394. The van der Waals surface area contributed by atoms with E-state index in [1.807, 2.05) is 54.6 Å². The molecule has 0 unspecified atom stereocenters. The van der Waals surface area contributed by atoms with Gasteiger partial charge in [-0.2, -0.15) is 0 Å². The van der Waals surface area contributed by atoms with E-state index in [-0.39, 0.29) is 13.2 Å². The predicted molar refractivity (Wildman–Crippen MR) is 81.7 cm³/mol. The van der Waals surface area contributed by atoms with Gasteiger partial charge in [0.05, 0.1) is 17.9 Å². The number of anilines is 1. The van der Waals surface area contributed by atoms with Gasteiger partial charge in [0.2, 0.25) is 0 Å². The highest BCUT2D eigenvalue weighted by molar-refractivity contribution is 6.03. The summed E-state index contributed by atoms with van der Waals surface area (Å²) >= 11 is 0. The van der Waals surface area contributed by atoms with Crippen LogP contribution in [0.4, 0.5) is 16.2 Å². The second kappa shape index (κ2) is 5.66. The number of para-hydroxylation sites is 2. The number of hydrogen-bond donors (Lipinski definition) is 1. The third-order valence-electron chi connectivity index (χ3n) is 3.18. The van der Waals surface area contributed by atoms with Crippen LogP contribution in [0.15, 0.2) is 59.6 Å². The molecule has 2 aromatic rings. The first-order chi connectivity index (χ1) is 10.2. The molecule has 1 heterocycles. The van der Waals surface area contributed by atoms with Crippen molar-refractivity contribution in [2.75, 3.05) is 11.4 Å². The van der Waals surface area contributed by atoms with Crippen LogP contribution in [-0.4, -0.2) is 18.5 Å². The minimum absolute atomic E-state index is 0.232. The quantitative estimate of drug-likeness (QED) is 0.920. The van der Waals surface area contributed by atoms with Gasteiger partial charge < -0.3 is 10.5 Å². The van der Waals surface area contributed by atoms with E-state index in [4.69, 9.17) is 10.5 Å². The number of carbonyl (C=O) groups excluding carboxylic acids is 1. The standard InChI is InChI=1S/C16H15N3O2/c17-15-10-19(14-9-5-4-8-13(14)18-15)16(20)21-11-12-6-2-1-3-7-12/h1-9H,10-11H2,(H2,17,18). The van der Waals surface area contributed by atoms with Gasteiger partial charge in [0.1, 0.15) is 12.4 Å². The summed E-state index contributed by atoms with van der Waals surface area (Å²) in [7, 11) is 0. The molecule has 5 nitrogen and oxygen atoms in total. The number of carbonyl (C=O) groups is 1. The number of fused-ring (bicyclic) bond motifs is 1. The number of rotatable bonds is 2. The Morgan fingerprint density at radius 2 is 1.86 bits per heavy atom. The Bertz CT molecular complexity index is 683. The molecule has 0 atom stereocenters. The molecule has 0 saturated carbocycles. The molecule has 0 bridgehead atoms. The SMILES string of the molecule is NC1=Nc2ccccc2N(C(=O)OCc2ccccc2)C1. The zero-order chi connectivity index (χ0) is 14.7. The highest BCUT2D eigenvalue weighted by atomic mass is 16.6. The minimum atomic E-state index is -0.427. The van der Waals surface area contributed by atoms with Crippen molar-refractivity contribution in [2.24, 2.45) is 10.7 Å². The van der Waals surface area contributed by atoms with Crippen molar-refractivity contribution in [1.82, 2.24) is 0 Å². The topological polar surface area (TPSA) is 67.9 Å². The maximum absolute atomic E-state index is 12.3. The zero-order valence-electron chi connectivity index (χ0n) is 11.4. The van der Waals surface area contributed by atoms with E-state index >= 15 is 0 Å². The van der Waals surface area contributed by atoms with E-state index in [9.17, 15) is 4.79 Å². The molecule has 1 aliphatic rings. The lowest BCUT2D eigenvalue weighted by atomic mass is 10.2. The monoisotopic (exact) mass is 281 g/mol. The third-order valence-corrected chi connectivity index (χ3v) is 3.18. The molecule has 0 fully saturated rings. The molecule has 1 amide bonds. The number of nitrogens with zero attached hydrogens (tertiary/aromatic N) is 2. The van der Waals surface area contributed by atoms with Gasteiger partial charge in [-0.25, -0.2) is 9.79 Å². The zero-order valence-corrected chi connectivity index (χ0v) is 11.4. The van der Waals surface area contributed by atoms with Crippen LogP contribution in [0, 0.1) is 0 Å². The fraction of sp³-hybridized carbons (Fsp3) is 0.125. The van der Waals surface area contributed by atoms with Crippen LogP contribution in [-0.2, 0) is 11.3 Å². The molecule has 3 rings (SSSR count). The van der Waals surface area contributed by atoms with E-state index in [0.29, 0.717) is 17.2 Å². The molecule has 21 heavy (non-hydrogen) atoms. The van der Waals surface area contributed by atoms with Gasteiger partial charge in [-0.3, -0.25) is 4.90 Å². The molecule has 0 aromatic heterocycles. The van der Waals surface area contributed by atoms with Crippen molar-refractivity contribution < 1.29 is 9.53 Å². The van der Waals surface area contributed by atoms with Crippen LogP contribution >= 0.6 is 0 Å². The van der Waals surface area contributed by atoms with Crippen molar-refractivity contribution >= 4 is 23.3 Å². The first kappa shape index (κ1) is 13.2. The average Bonchev–Trinajstić information content (AvgIpc) is 2.52. The number of hydrogen-bond acceptors (Lipinski definition) is 4. The first-order valence-electron chi connectivity index (χ1n) is 6.64. The van der Waals surface area contributed by atoms with Gasteiger partial charge in [0.25, 0.3) is 0 Å². The van der Waals surface area contributed by atoms with Crippen molar-refractivity contribution in [3.05, 3.63) is 60.2 Å². The van der Waals surface area contributed by atoms with Crippen LogP contribution in [0.3, 0.4) is 0 Å². The molecule has 2 N–H and O–H groups in total. The summed E-state index contributed by atoms with van der Waals surface area (Å²) in [6.07, 6.45) is -0.427. The van der Waals surface area contributed by atoms with Gasteiger partial charge >= 0.3 is 6.09 Å². The van der Waals surface area contributed by atoms with E-state index in [1.165, 1.54) is 4.90 Å². The van der Waals surface area contributed by atoms with E-state index in [1.54, 1.807) is 0 Å². The maximum atomic E-state index is 12.3. The number of aliphatic imine (C=N–C) groups is 1. The fourth-order valence-electron chi connectivity index (χ4n) is 2.18. The van der Waals surface area contributed by atoms with Crippen molar-refractivity contribution in [1.29, 1.82) is 0 Å². The van der Waals surface area contributed by atoms with E-state index < -0.39 is 6.09 Å². The normalized spacial score (nSPS) is 13.3. The predicted octanol–water partition coefficient (Wildman–Crippen LogP) is 2.83. The summed E-state index contributed by atoms with van der Waals surface area (Å²) in [5.41, 5.74) is 8.12. The van der Waals surface area contributed by atoms with Crippen molar-refractivity contribution in [3.63, 3.8) is 0 Å². The van der Waals surface area contributed by atoms with Gasteiger partial charge in [-0.05, 0) is 17.7 Å². The molecular weight excluding hydrogens is 266 g/mol. The molecule has 1 aliphatic heterocycles. The summed E-state index contributed by atoms with van der Waals surface area (Å²) in [4.78, 5) is 18.0. The van der Waals surface area contributed by atoms with Crippen LogP contribution in [0.5, 0.6) is 0 Å². The first-order valence-corrected chi connectivity index (χ1v) is 6.64. The van der Waals surface area contributed by atoms with Gasteiger partial charge in [0, 0.05) is 0 Å². The number of benzene rings is 2. The Hall–Kier alpha value is -2.82. The van der Waals surface area contributed by atoms with Crippen LogP contribution in [0.25, 0.3) is 0 Å². The summed E-state index contributed by atoms with van der Waals surface area (Å²) in [6.45, 7) is 0.472. The molecular formula is C16H15N3O2. The third kappa shape index (κ3) is 2.86. The molecule has 106 valence electrons. The summed E-state index contributed by atoms with van der Waals surface area (Å²) < 4.78 is 5.35. The fourth-order valence-corrected chi connectivity index (χ4v) is 2.18.